The molecule has 0 aliphatic carbocycles. The monoisotopic (exact) mass is 825 g/mol. The van der Waals surface area contributed by atoms with Gasteiger partial charge in [0.15, 0.2) is 30.7 Å². The number of nitrogens with one attached hydrogen (secondary N) is 1. The van der Waals surface area contributed by atoms with E-state index in [0.717, 1.165) is 35.2 Å². The van der Waals surface area contributed by atoms with Gasteiger partial charge < -0.3 is 29.7 Å². The first-order valence-electron chi connectivity index (χ1n) is 16.7. The standard InChI is InChI=1S/C20H22N8O3S.C13H17N5O4S2/c1-27(2)14(29)5-6-28(3)20(30)19-26-15-16(22-10-23-18(15)32-19)24-12-7-11-8-21-9-13(11)25-17(12)31-4;1-17(2)8(19)5-6-18(3)13(20)11-16-9-10(23-11)14-7-15-12(9)24(4,21)22/h7-8,10H,5-6,9H2,1-4H3,(H,22,23,24);7H,5-6H2,1-4H3. The van der Waals surface area contributed by atoms with E-state index in [9.17, 15) is 27.6 Å². The normalized spacial score (nSPS) is 11.8. The molecule has 0 saturated heterocycles. The summed E-state index contributed by atoms with van der Waals surface area (Å²) in [6, 6.07) is 1.89. The minimum absolute atomic E-state index is 0.0479. The van der Waals surface area contributed by atoms with Crippen LogP contribution in [-0.4, -0.2) is 161 Å². The van der Waals surface area contributed by atoms with Gasteiger partial charge in [0.05, 0.1) is 19.3 Å². The third-order valence-corrected chi connectivity index (χ3v) is 11.0. The maximum absolute atomic E-state index is 12.8. The second-order valence-corrected chi connectivity index (χ2v) is 16.6. The van der Waals surface area contributed by atoms with Crippen molar-refractivity contribution in [1.29, 1.82) is 0 Å². The summed E-state index contributed by atoms with van der Waals surface area (Å²) in [4.78, 5) is 88.9. The number of rotatable bonds is 12. The van der Waals surface area contributed by atoms with Crippen LogP contribution in [-0.2, 0) is 26.0 Å². The summed E-state index contributed by atoms with van der Waals surface area (Å²) in [5.74, 6) is 0.0310. The molecule has 1 N–H and O–H groups in total. The maximum atomic E-state index is 12.8. The van der Waals surface area contributed by atoms with E-state index in [4.69, 9.17) is 4.74 Å². The van der Waals surface area contributed by atoms with E-state index in [1.165, 1.54) is 37.3 Å². The van der Waals surface area contributed by atoms with E-state index < -0.39 is 15.7 Å². The van der Waals surface area contributed by atoms with Gasteiger partial charge in [-0.15, -0.1) is 0 Å². The Morgan fingerprint density at radius 2 is 1.32 bits per heavy atom. The van der Waals surface area contributed by atoms with Crippen LogP contribution in [0.2, 0.25) is 0 Å². The van der Waals surface area contributed by atoms with E-state index >= 15 is 0 Å². The van der Waals surface area contributed by atoms with Gasteiger partial charge >= 0.3 is 0 Å². The Kier molecular flexibility index (Phi) is 12.8. The zero-order valence-electron chi connectivity index (χ0n) is 31.8. The SMILES string of the molecule is CN(C)C(=O)CCN(C)C(=O)c1nc2c(S(C)(=O)=O)ncnc2s1.COc1nc2c(cc1Nc1ncnc3sc(C(=O)N(C)CCC(=O)N(C)C)nc13)C=NC2. The number of aromatic nitrogens is 7. The van der Waals surface area contributed by atoms with Crippen molar-refractivity contribution in [3.05, 3.63) is 40.0 Å². The third kappa shape index (κ3) is 9.52. The lowest BCUT2D eigenvalue weighted by atomic mass is 10.2. The fourth-order valence-corrected chi connectivity index (χ4v) is 7.53. The second kappa shape index (κ2) is 17.3. The van der Waals surface area contributed by atoms with Crippen LogP contribution in [0.25, 0.3) is 20.7 Å². The molecule has 23 heteroatoms. The summed E-state index contributed by atoms with van der Waals surface area (Å²) < 4.78 is 28.9. The summed E-state index contributed by atoms with van der Waals surface area (Å²) >= 11 is 2.16. The highest BCUT2D eigenvalue weighted by atomic mass is 32.2. The van der Waals surface area contributed by atoms with Crippen molar-refractivity contribution in [1.82, 2.24) is 54.5 Å². The molecule has 0 aromatic carbocycles. The van der Waals surface area contributed by atoms with Crippen molar-refractivity contribution in [3.8, 4) is 5.88 Å². The van der Waals surface area contributed by atoms with E-state index in [1.807, 2.05) is 6.07 Å². The Morgan fingerprint density at radius 1 is 0.786 bits per heavy atom. The number of nitrogens with zero attached hydrogens (tertiary/aromatic N) is 12. The number of hydrogen-bond donors (Lipinski definition) is 1. The van der Waals surface area contributed by atoms with Crippen LogP contribution in [0.15, 0.2) is 28.7 Å². The van der Waals surface area contributed by atoms with E-state index in [-0.39, 0.29) is 57.7 Å². The van der Waals surface area contributed by atoms with Crippen molar-refractivity contribution in [2.75, 3.05) is 74.1 Å². The fourth-order valence-electron chi connectivity index (χ4n) is 4.93. The number of anilines is 2. The van der Waals surface area contributed by atoms with Crippen LogP contribution in [0.1, 0.15) is 43.7 Å². The Hall–Kier alpha value is -5.81. The zero-order valence-corrected chi connectivity index (χ0v) is 34.2. The molecule has 296 valence electrons. The zero-order chi connectivity index (χ0) is 40.9. The number of methoxy groups -OCH3 is 1. The molecule has 0 saturated carbocycles. The molecular weight excluding hydrogens is 787 g/mol. The first-order chi connectivity index (χ1) is 26.5. The van der Waals surface area contributed by atoms with Crippen LogP contribution < -0.4 is 10.1 Å². The predicted molar refractivity (Wildman–Crippen MR) is 209 cm³/mol. The molecule has 1 aliphatic heterocycles. The van der Waals surface area contributed by atoms with Gasteiger partial charge in [0.1, 0.15) is 39.0 Å². The van der Waals surface area contributed by atoms with Gasteiger partial charge in [-0.2, -0.15) is 0 Å². The number of ether oxygens (including phenoxy) is 1. The quantitative estimate of drug-likeness (QED) is 0.176. The molecule has 5 aromatic rings. The molecule has 0 fully saturated rings. The highest BCUT2D eigenvalue weighted by molar-refractivity contribution is 7.90. The number of hydrogen-bond acceptors (Lipinski definition) is 18. The molecule has 0 bridgehead atoms. The largest absolute Gasteiger partial charge is 0.480 e. The van der Waals surface area contributed by atoms with Crippen molar-refractivity contribution >= 4 is 94.6 Å². The number of sulfone groups is 1. The minimum atomic E-state index is -3.58. The lowest BCUT2D eigenvalue weighted by Crippen LogP contribution is -2.32. The maximum Gasteiger partial charge on any atom is 0.282 e. The summed E-state index contributed by atoms with van der Waals surface area (Å²) in [6.07, 6.45) is 5.75. The molecule has 56 heavy (non-hydrogen) atoms. The van der Waals surface area contributed by atoms with Gasteiger partial charge in [0, 0.05) is 86.3 Å². The van der Waals surface area contributed by atoms with Crippen LogP contribution in [0.4, 0.5) is 11.5 Å². The summed E-state index contributed by atoms with van der Waals surface area (Å²) in [5.41, 5.74) is 2.92. The van der Waals surface area contributed by atoms with E-state index in [1.54, 1.807) is 55.6 Å². The number of pyridine rings is 1. The summed E-state index contributed by atoms with van der Waals surface area (Å²) in [7, 11) is 7.82. The van der Waals surface area contributed by atoms with Gasteiger partial charge in [0.25, 0.3) is 11.8 Å². The van der Waals surface area contributed by atoms with Gasteiger partial charge in [-0.05, 0) is 6.07 Å². The molecule has 0 atom stereocenters. The van der Waals surface area contributed by atoms with Crippen LogP contribution in [0.3, 0.4) is 0 Å². The van der Waals surface area contributed by atoms with Crippen LogP contribution >= 0.6 is 22.7 Å². The first-order valence-corrected chi connectivity index (χ1v) is 20.2. The highest BCUT2D eigenvalue weighted by Crippen LogP contribution is 2.32. The molecule has 6 heterocycles. The fraction of sp³-hybridized carbons (Fsp3) is 0.394. The molecule has 4 amide bonds. The molecule has 0 unspecified atom stereocenters. The molecule has 6 rings (SSSR count). The number of thiazole rings is 2. The van der Waals surface area contributed by atoms with E-state index in [2.05, 4.69) is 45.2 Å². The Bertz CT molecular complexity index is 2450. The van der Waals surface area contributed by atoms with Crippen molar-refractivity contribution in [2.45, 2.75) is 24.4 Å². The Morgan fingerprint density at radius 3 is 1.86 bits per heavy atom. The molecule has 0 spiro atoms. The Labute approximate surface area is 329 Å². The molecular formula is C33H39N13O7S3. The van der Waals surface area contributed by atoms with Gasteiger partial charge in [-0.1, -0.05) is 22.7 Å². The van der Waals surface area contributed by atoms with Crippen molar-refractivity contribution < 1.29 is 32.3 Å². The average molecular weight is 826 g/mol. The number of aliphatic imine (C=N–C) groups is 1. The number of carbonyl (C=O) groups excluding carboxylic acids is 4. The minimum Gasteiger partial charge on any atom is -0.480 e. The lowest BCUT2D eigenvalue weighted by molar-refractivity contribution is -0.129. The highest BCUT2D eigenvalue weighted by Gasteiger charge is 2.24. The Balaban J connectivity index is 0.000000224. The predicted octanol–water partition coefficient (Wildman–Crippen LogP) is 1.76. The number of amides is 4. The third-order valence-electron chi connectivity index (χ3n) is 8.11. The molecule has 1 aliphatic rings. The average Bonchev–Trinajstić information content (AvgIpc) is 3.93. The van der Waals surface area contributed by atoms with Crippen molar-refractivity contribution in [2.24, 2.45) is 4.99 Å². The van der Waals surface area contributed by atoms with E-state index in [0.29, 0.717) is 45.7 Å². The summed E-state index contributed by atoms with van der Waals surface area (Å²) in [5, 5.41) is 3.38. The van der Waals surface area contributed by atoms with Gasteiger partial charge in [-0.3, -0.25) is 24.2 Å². The number of carbonyl (C=O) groups is 4. The molecule has 0 radical (unpaired) electrons. The molecule has 20 nitrogen and oxygen atoms in total. The topological polar surface area (TPSA) is 239 Å². The van der Waals surface area contributed by atoms with Gasteiger partial charge in [0.2, 0.25) is 17.7 Å². The van der Waals surface area contributed by atoms with Gasteiger partial charge in [-0.25, -0.2) is 43.3 Å². The number of fused-ring (bicyclic) bond motifs is 3. The molecule has 5 aromatic heterocycles. The smallest absolute Gasteiger partial charge is 0.282 e. The lowest BCUT2D eigenvalue weighted by Gasteiger charge is -2.17. The van der Waals surface area contributed by atoms with Crippen molar-refractivity contribution in [3.63, 3.8) is 0 Å². The second-order valence-electron chi connectivity index (χ2n) is 12.7. The van der Waals surface area contributed by atoms with Crippen LogP contribution in [0, 0.1) is 0 Å². The summed E-state index contributed by atoms with van der Waals surface area (Å²) in [6.45, 7) is 1.05. The van der Waals surface area contributed by atoms with Crippen LogP contribution in [0.5, 0.6) is 5.88 Å². The first kappa shape index (κ1) is 41.4.